The summed E-state index contributed by atoms with van der Waals surface area (Å²) in [6, 6.07) is 5.23. The average molecular weight is 339 g/mol. The van der Waals surface area contributed by atoms with Crippen molar-refractivity contribution in [3.05, 3.63) is 29.3 Å². The number of hydrogen-bond donors (Lipinski definition) is 0. The van der Waals surface area contributed by atoms with E-state index in [1.807, 2.05) is 19.9 Å². The molecule has 0 N–H and O–H groups in total. The fourth-order valence-corrected chi connectivity index (χ4v) is 3.71. The highest BCUT2D eigenvalue weighted by atomic mass is 32.2. The molecule has 0 atom stereocenters. The third kappa shape index (κ3) is 3.50. The summed E-state index contributed by atoms with van der Waals surface area (Å²) in [4.78, 5) is 16.3. The largest absolute Gasteiger partial charge is 0.325 e. The van der Waals surface area contributed by atoms with Gasteiger partial charge in [0.05, 0.1) is 4.90 Å². The number of sulfonamides is 1. The van der Waals surface area contributed by atoms with Gasteiger partial charge in [-0.15, -0.1) is 0 Å². The van der Waals surface area contributed by atoms with E-state index in [2.05, 4.69) is 0 Å². The second-order valence-electron chi connectivity index (χ2n) is 5.84. The average Bonchev–Trinajstić information content (AvgIpc) is 2.54. The number of rotatable bonds is 4. The van der Waals surface area contributed by atoms with E-state index < -0.39 is 10.0 Å². The molecule has 0 aromatic heterocycles. The standard InChI is InChI=1S/C16H25N3O3S/c1-5-18(6-2)16(20)19-10-9-13-7-8-15(11-14(13)12-19)23(21,22)17(3)4/h7-8,11H,5-6,9-10,12H2,1-4H3. The zero-order chi connectivity index (χ0) is 17.2. The third-order valence-corrected chi connectivity index (χ3v) is 6.08. The van der Waals surface area contributed by atoms with Crippen molar-refractivity contribution < 1.29 is 13.2 Å². The van der Waals surface area contributed by atoms with Crippen LogP contribution in [0.1, 0.15) is 25.0 Å². The van der Waals surface area contributed by atoms with Crippen LogP contribution in [0.5, 0.6) is 0 Å². The molecule has 0 spiro atoms. The SMILES string of the molecule is CCN(CC)C(=O)N1CCc2ccc(S(=O)(=O)N(C)C)cc2C1. The highest BCUT2D eigenvalue weighted by Gasteiger charge is 2.25. The maximum atomic E-state index is 12.5. The number of urea groups is 1. The van der Waals surface area contributed by atoms with Gasteiger partial charge in [-0.1, -0.05) is 6.07 Å². The molecule has 23 heavy (non-hydrogen) atoms. The van der Waals surface area contributed by atoms with Gasteiger partial charge in [0.1, 0.15) is 0 Å². The Morgan fingerprint density at radius 3 is 2.39 bits per heavy atom. The number of benzene rings is 1. The number of hydrogen-bond acceptors (Lipinski definition) is 3. The van der Waals surface area contributed by atoms with Gasteiger partial charge in [-0.05, 0) is 43.5 Å². The fourth-order valence-electron chi connectivity index (χ4n) is 2.76. The van der Waals surface area contributed by atoms with Crippen LogP contribution >= 0.6 is 0 Å². The van der Waals surface area contributed by atoms with Crippen LogP contribution in [-0.4, -0.2) is 62.3 Å². The van der Waals surface area contributed by atoms with Crippen LogP contribution in [0.2, 0.25) is 0 Å². The summed E-state index contributed by atoms with van der Waals surface area (Å²) in [6.45, 7) is 6.40. The lowest BCUT2D eigenvalue weighted by molar-refractivity contribution is 0.152. The molecule has 2 amide bonds. The molecular weight excluding hydrogens is 314 g/mol. The first-order valence-corrected chi connectivity index (χ1v) is 9.33. The van der Waals surface area contributed by atoms with Gasteiger partial charge < -0.3 is 9.80 Å². The van der Waals surface area contributed by atoms with E-state index in [1.165, 1.54) is 18.4 Å². The lowest BCUT2D eigenvalue weighted by Gasteiger charge is -2.33. The first-order valence-electron chi connectivity index (χ1n) is 7.89. The Kier molecular flexibility index (Phi) is 5.31. The van der Waals surface area contributed by atoms with Gasteiger partial charge in [0.25, 0.3) is 0 Å². The van der Waals surface area contributed by atoms with E-state index >= 15 is 0 Å². The van der Waals surface area contributed by atoms with Crippen LogP contribution in [0.3, 0.4) is 0 Å². The molecule has 1 aromatic carbocycles. The minimum absolute atomic E-state index is 0.0153. The second kappa shape index (κ2) is 6.88. The molecule has 6 nitrogen and oxygen atoms in total. The Bertz CT molecular complexity index is 682. The monoisotopic (exact) mass is 339 g/mol. The summed E-state index contributed by atoms with van der Waals surface area (Å²) >= 11 is 0. The quantitative estimate of drug-likeness (QED) is 0.840. The summed E-state index contributed by atoms with van der Waals surface area (Å²) < 4.78 is 25.7. The molecule has 1 aliphatic heterocycles. The highest BCUT2D eigenvalue weighted by molar-refractivity contribution is 7.89. The van der Waals surface area contributed by atoms with Gasteiger partial charge in [-0.25, -0.2) is 17.5 Å². The van der Waals surface area contributed by atoms with Crippen molar-refractivity contribution in [3.63, 3.8) is 0 Å². The van der Waals surface area contributed by atoms with E-state index in [4.69, 9.17) is 0 Å². The van der Waals surface area contributed by atoms with Crippen LogP contribution in [0, 0.1) is 0 Å². The summed E-state index contributed by atoms with van der Waals surface area (Å²) in [5.74, 6) is 0. The van der Waals surface area contributed by atoms with Crippen molar-refractivity contribution >= 4 is 16.1 Å². The Labute approximate surface area is 138 Å². The van der Waals surface area contributed by atoms with Crippen LogP contribution < -0.4 is 0 Å². The summed E-state index contributed by atoms with van der Waals surface area (Å²) in [5.41, 5.74) is 2.03. The number of nitrogens with zero attached hydrogens (tertiary/aromatic N) is 3. The number of carbonyl (C=O) groups excluding carboxylic acids is 1. The van der Waals surface area contributed by atoms with Crippen molar-refractivity contribution in [2.24, 2.45) is 0 Å². The van der Waals surface area contributed by atoms with Gasteiger partial charge in [0.15, 0.2) is 0 Å². The Balaban J connectivity index is 2.28. The van der Waals surface area contributed by atoms with Crippen molar-refractivity contribution in [1.82, 2.24) is 14.1 Å². The maximum Gasteiger partial charge on any atom is 0.320 e. The summed E-state index contributed by atoms with van der Waals surface area (Å²) in [7, 11) is -0.417. The van der Waals surface area contributed by atoms with Gasteiger partial charge in [-0.3, -0.25) is 0 Å². The van der Waals surface area contributed by atoms with E-state index in [9.17, 15) is 13.2 Å². The molecule has 0 saturated carbocycles. The maximum absolute atomic E-state index is 12.5. The predicted octanol–water partition coefficient (Wildman–Crippen LogP) is 1.76. The van der Waals surface area contributed by atoms with E-state index in [0.29, 0.717) is 26.2 Å². The van der Waals surface area contributed by atoms with E-state index in [1.54, 1.807) is 21.9 Å². The van der Waals surface area contributed by atoms with E-state index in [-0.39, 0.29) is 10.9 Å². The molecule has 0 aliphatic carbocycles. The number of fused-ring (bicyclic) bond motifs is 1. The first kappa shape index (κ1) is 17.7. The lowest BCUT2D eigenvalue weighted by Crippen LogP contribution is -2.45. The summed E-state index contributed by atoms with van der Waals surface area (Å²) in [6.07, 6.45) is 0.755. The first-order chi connectivity index (χ1) is 10.8. The predicted molar refractivity (Wildman–Crippen MR) is 89.7 cm³/mol. The van der Waals surface area contributed by atoms with Crippen LogP contribution in [-0.2, 0) is 23.0 Å². The molecule has 1 aliphatic rings. The molecule has 0 radical (unpaired) electrons. The minimum Gasteiger partial charge on any atom is -0.325 e. The molecule has 128 valence electrons. The zero-order valence-corrected chi connectivity index (χ0v) is 15.1. The van der Waals surface area contributed by atoms with Crippen LogP contribution in [0.15, 0.2) is 23.1 Å². The Hall–Kier alpha value is -1.60. The van der Waals surface area contributed by atoms with Crippen molar-refractivity contribution in [3.8, 4) is 0 Å². The van der Waals surface area contributed by atoms with Crippen molar-refractivity contribution in [1.29, 1.82) is 0 Å². The molecule has 7 heteroatoms. The highest BCUT2D eigenvalue weighted by Crippen LogP contribution is 2.24. The molecule has 0 saturated heterocycles. The van der Waals surface area contributed by atoms with Gasteiger partial charge in [0.2, 0.25) is 10.0 Å². The normalized spacial score (nSPS) is 14.7. The molecule has 0 bridgehead atoms. The fraction of sp³-hybridized carbons (Fsp3) is 0.562. The minimum atomic E-state index is -3.45. The molecule has 0 fully saturated rings. The topological polar surface area (TPSA) is 60.9 Å². The lowest BCUT2D eigenvalue weighted by atomic mass is 10.0. The van der Waals surface area contributed by atoms with E-state index in [0.717, 1.165) is 17.5 Å². The van der Waals surface area contributed by atoms with Crippen molar-refractivity contribution in [2.75, 3.05) is 33.7 Å². The number of carbonyl (C=O) groups is 1. The second-order valence-corrected chi connectivity index (χ2v) is 8.00. The zero-order valence-electron chi connectivity index (χ0n) is 14.2. The Morgan fingerprint density at radius 1 is 1.17 bits per heavy atom. The van der Waals surface area contributed by atoms with Crippen molar-refractivity contribution in [2.45, 2.75) is 31.7 Å². The van der Waals surface area contributed by atoms with Gasteiger partial charge >= 0.3 is 6.03 Å². The number of amides is 2. The third-order valence-electron chi connectivity index (χ3n) is 4.27. The molecule has 1 aromatic rings. The van der Waals surface area contributed by atoms with Gasteiger partial charge in [0, 0.05) is 40.3 Å². The smallest absolute Gasteiger partial charge is 0.320 e. The van der Waals surface area contributed by atoms with Crippen LogP contribution in [0.25, 0.3) is 0 Å². The molecular formula is C16H25N3O3S. The molecule has 2 rings (SSSR count). The van der Waals surface area contributed by atoms with Crippen LogP contribution in [0.4, 0.5) is 4.79 Å². The summed E-state index contributed by atoms with van der Waals surface area (Å²) in [5, 5.41) is 0. The van der Waals surface area contributed by atoms with Gasteiger partial charge in [-0.2, -0.15) is 0 Å². The molecule has 1 heterocycles. The molecule has 0 unspecified atom stereocenters. The Morgan fingerprint density at radius 2 is 1.83 bits per heavy atom.